The van der Waals surface area contributed by atoms with E-state index in [1.54, 1.807) is 30.3 Å². The van der Waals surface area contributed by atoms with Gasteiger partial charge in [-0.25, -0.2) is 4.39 Å². The summed E-state index contributed by atoms with van der Waals surface area (Å²) in [5.41, 5.74) is 1.47. The Hall–Kier alpha value is -2.87. The molecule has 2 heterocycles. The third-order valence-corrected chi connectivity index (χ3v) is 4.97. The molecule has 0 atom stereocenters. The Balaban J connectivity index is 1.38. The third kappa shape index (κ3) is 4.01. The van der Waals surface area contributed by atoms with Crippen molar-refractivity contribution in [2.24, 2.45) is 0 Å². The van der Waals surface area contributed by atoms with Gasteiger partial charge in [0.2, 0.25) is 6.79 Å². The van der Waals surface area contributed by atoms with Crippen LogP contribution in [0.4, 0.5) is 15.8 Å². The number of hydrogen-bond acceptors (Lipinski definition) is 5. The largest absolute Gasteiger partial charge is 0.454 e. The average molecular weight is 401 g/mol. The summed E-state index contributed by atoms with van der Waals surface area (Å²) < 4.78 is 25.0. The molecule has 2 aromatic carbocycles. The van der Waals surface area contributed by atoms with Gasteiger partial charge in [0, 0.05) is 24.3 Å². The molecule has 2 aliphatic heterocycles. The maximum Gasteiger partial charge on any atom is 0.257 e. The fourth-order valence-electron chi connectivity index (χ4n) is 3.35. The number of anilines is 2. The van der Waals surface area contributed by atoms with Crippen LogP contribution in [0.5, 0.6) is 11.5 Å². The summed E-state index contributed by atoms with van der Waals surface area (Å²) in [5.74, 6) is 0.418. The standard InChI is InChI=1S/C20H20FN3O3S/c21-15-11-14(5-6-16(15)24-8-2-1-3-9-24)22-20(28)23-19(25)13-4-7-17-18(10-13)27-12-26-17/h4-7,10-11H,1-3,8-9,12H2,(H2,22,23,25,28). The van der Waals surface area contributed by atoms with E-state index >= 15 is 0 Å². The van der Waals surface area contributed by atoms with Crippen LogP contribution in [0.1, 0.15) is 29.6 Å². The molecule has 146 valence electrons. The molecule has 0 aromatic heterocycles. The predicted octanol–water partition coefficient (Wildman–Crippen LogP) is 3.67. The van der Waals surface area contributed by atoms with Crippen LogP contribution in [0.3, 0.4) is 0 Å². The molecule has 1 fully saturated rings. The molecule has 4 rings (SSSR count). The minimum atomic E-state index is -0.388. The molecule has 0 unspecified atom stereocenters. The highest BCUT2D eigenvalue weighted by Gasteiger charge is 2.18. The Morgan fingerprint density at radius 3 is 2.61 bits per heavy atom. The number of nitrogens with zero attached hydrogens (tertiary/aromatic N) is 1. The summed E-state index contributed by atoms with van der Waals surface area (Å²) in [6.45, 7) is 1.88. The van der Waals surface area contributed by atoms with Crippen molar-refractivity contribution in [3.63, 3.8) is 0 Å². The lowest BCUT2D eigenvalue weighted by Crippen LogP contribution is -2.34. The molecule has 2 aliphatic rings. The molecular formula is C20H20FN3O3S. The highest BCUT2D eigenvalue weighted by atomic mass is 32.1. The number of amides is 1. The molecule has 6 nitrogen and oxygen atoms in total. The fraction of sp³-hybridized carbons (Fsp3) is 0.300. The number of fused-ring (bicyclic) bond motifs is 1. The van der Waals surface area contributed by atoms with Crippen molar-refractivity contribution in [1.29, 1.82) is 0 Å². The van der Waals surface area contributed by atoms with Crippen LogP contribution in [0.15, 0.2) is 36.4 Å². The van der Waals surface area contributed by atoms with Gasteiger partial charge >= 0.3 is 0 Å². The summed E-state index contributed by atoms with van der Waals surface area (Å²) in [5, 5.41) is 5.53. The van der Waals surface area contributed by atoms with E-state index in [0.29, 0.717) is 28.4 Å². The first-order chi connectivity index (χ1) is 13.6. The van der Waals surface area contributed by atoms with Crippen molar-refractivity contribution in [3.8, 4) is 11.5 Å². The zero-order valence-corrected chi connectivity index (χ0v) is 16.0. The van der Waals surface area contributed by atoms with Gasteiger partial charge in [-0.1, -0.05) is 0 Å². The van der Waals surface area contributed by atoms with Gasteiger partial charge in [-0.15, -0.1) is 0 Å². The second-order valence-corrected chi connectivity index (χ2v) is 7.10. The summed E-state index contributed by atoms with van der Waals surface area (Å²) in [4.78, 5) is 14.4. The van der Waals surface area contributed by atoms with Crippen molar-refractivity contribution in [1.82, 2.24) is 5.32 Å². The van der Waals surface area contributed by atoms with E-state index in [1.807, 2.05) is 0 Å². The zero-order valence-electron chi connectivity index (χ0n) is 15.2. The fourth-order valence-corrected chi connectivity index (χ4v) is 3.56. The van der Waals surface area contributed by atoms with Crippen molar-refractivity contribution in [3.05, 3.63) is 47.8 Å². The molecule has 2 aromatic rings. The van der Waals surface area contributed by atoms with Crippen molar-refractivity contribution in [2.45, 2.75) is 19.3 Å². The molecule has 0 saturated carbocycles. The summed E-state index contributed by atoms with van der Waals surface area (Å²) in [7, 11) is 0. The second-order valence-electron chi connectivity index (χ2n) is 6.69. The molecule has 28 heavy (non-hydrogen) atoms. The Labute approximate surface area is 167 Å². The van der Waals surface area contributed by atoms with Gasteiger partial charge in [-0.05, 0) is 67.9 Å². The highest BCUT2D eigenvalue weighted by molar-refractivity contribution is 7.80. The van der Waals surface area contributed by atoms with Gasteiger partial charge < -0.3 is 19.7 Å². The third-order valence-electron chi connectivity index (χ3n) is 4.76. The maximum absolute atomic E-state index is 14.5. The Morgan fingerprint density at radius 2 is 1.82 bits per heavy atom. The van der Waals surface area contributed by atoms with Crippen LogP contribution in [-0.4, -0.2) is 30.9 Å². The number of ether oxygens (including phenoxy) is 2. The van der Waals surface area contributed by atoms with Crippen molar-refractivity contribution in [2.75, 3.05) is 30.1 Å². The smallest absolute Gasteiger partial charge is 0.257 e. The van der Waals surface area contributed by atoms with Gasteiger partial charge in [0.1, 0.15) is 5.82 Å². The van der Waals surface area contributed by atoms with Gasteiger partial charge in [0.15, 0.2) is 16.6 Å². The van der Waals surface area contributed by atoms with Crippen LogP contribution in [-0.2, 0) is 0 Å². The number of nitrogens with one attached hydrogen (secondary N) is 2. The molecule has 1 saturated heterocycles. The average Bonchev–Trinajstić information content (AvgIpc) is 3.16. The van der Waals surface area contributed by atoms with E-state index in [-0.39, 0.29) is 23.6 Å². The molecule has 0 radical (unpaired) electrons. The minimum Gasteiger partial charge on any atom is -0.454 e. The number of halogens is 1. The Kier molecular flexibility index (Phi) is 5.29. The van der Waals surface area contributed by atoms with Crippen molar-refractivity contribution < 1.29 is 18.7 Å². The molecule has 2 N–H and O–H groups in total. The number of rotatable bonds is 3. The lowest BCUT2D eigenvalue weighted by molar-refractivity contribution is 0.0977. The van der Waals surface area contributed by atoms with E-state index < -0.39 is 0 Å². The van der Waals surface area contributed by atoms with E-state index in [4.69, 9.17) is 21.7 Å². The van der Waals surface area contributed by atoms with Gasteiger partial charge in [0.05, 0.1) is 5.69 Å². The Morgan fingerprint density at radius 1 is 1.04 bits per heavy atom. The van der Waals surface area contributed by atoms with Gasteiger partial charge in [-0.2, -0.15) is 0 Å². The van der Waals surface area contributed by atoms with E-state index in [2.05, 4.69) is 15.5 Å². The predicted molar refractivity (Wildman–Crippen MR) is 109 cm³/mol. The quantitative estimate of drug-likeness (QED) is 0.766. The van der Waals surface area contributed by atoms with Crippen LogP contribution in [0.25, 0.3) is 0 Å². The lowest BCUT2D eigenvalue weighted by atomic mass is 10.1. The zero-order chi connectivity index (χ0) is 19.5. The number of carbonyl (C=O) groups excluding carboxylic acids is 1. The van der Waals surface area contributed by atoms with Crippen LogP contribution in [0, 0.1) is 5.82 Å². The SMILES string of the molecule is O=C(NC(=S)Nc1ccc(N2CCCCC2)c(F)c1)c1ccc2c(c1)OCO2. The molecular weight excluding hydrogens is 381 g/mol. The molecule has 1 amide bonds. The number of benzene rings is 2. The first kappa shape index (κ1) is 18.5. The van der Waals surface area contributed by atoms with E-state index in [9.17, 15) is 9.18 Å². The van der Waals surface area contributed by atoms with Gasteiger partial charge in [-0.3, -0.25) is 10.1 Å². The second kappa shape index (κ2) is 8.02. The van der Waals surface area contributed by atoms with Gasteiger partial charge in [0.25, 0.3) is 5.91 Å². The minimum absolute atomic E-state index is 0.0905. The first-order valence-corrected chi connectivity index (χ1v) is 9.57. The highest BCUT2D eigenvalue weighted by Crippen LogP contribution is 2.32. The number of carbonyl (C=O) groups is 1. The van der Waals surface area contributed by atoms with Crippen LogP contribution >= 0.6 is 12.2 Å². The molecule has 0 aliphatic carbocycles. The molecule has 0 bridgehead atoms. The number of hydrogen-bond donors (Lipinski definition) is 2. The molecule has 8 heteroatoms. The number of thiocarbonyl (C=S) groups is 1. The van der Waals surface area contributed by atoms with E-state index in [1.165, 1.54) is 12.5 Å². The van der Waals surface area contributed by atoms with Crippen LogP contribution in [0.2, 0.25) is 0 Å². The monoisotopic (exact) mass is 401 g/mol. The number of piperidine rings is 1. The summed E-state index contributed by atoms with van der Waals surface area (Å²) in [6, 6.07) is 9.77. The Bertz CT molecular complexity index is 916. The van der Waals surface area contributed by atoms with E-state index in [0.717, 1.165) is 25.9 Å². The lowest BCUT2D eigenvalue weighted by Gasteiger charge is -2.29. The summed E-state index contributed by atoms with van der Waals surface area (Å²) >= 11 is 5.18. The van der Waals surface area contributed by atoms with Crippen molar-refractivity contribution >= 4 is 34.6 Å². The molecule has 0 spiro atoms. The summed E-state index contributed by atoms with van der Waals surface area (Å²) in [6.07, 6.45) is 3.35. The topological polar surface area (TPSA) is 62.8 Å². The maximum atomic E-state index is 14.5. The van der Waals surface area contributed by atoms with Crippen LogP contribution < -0.4 is 25.0 Å². The first-order valence-electron chi connectivity index (χ1n) is 9.16. The normalized spacial score (nSPS) is 15.2.